The molecule has 1 N–H and O–H groups in total. The van der Waals surface area contributed by atoms with E-state index in [1.54, 1.807) is 0 Å². The Labute approximate surface area is 93.1 Å². The van der Waals surface area contributed by atoms with E-state index in [2.05, 4.69) is 23.9 Å². The molecule has 2 rings (SSSR count). The molecule has 0 spiro atoms. The molecule has 15 heavy (non-hydrogen) atoms. The van der Waals surface area contributed by atoms with Crippen molar-refractivity contribution in [3.63, 3.8) is 0 Å². The Morgan fingerprint density at radius 1 is 1.33 bits per heavy atom. The van der Waals surface area contributed by atoms with Crippen LogP contribution in [0.3, 0.4) is 0 Å². The summed E-state index contributed by atoms with van der Waals surface area (Å²) in [7, 11) is 4.43. The van der Waals surface area contributed by atoms with Crippen molar-refractivity contribution in [2.45, 2.75) is 37.8 Å². The van der Waals surface area contributed by atoms with E-state index in [4.69, 9.17) is 0 Å². The van der Waals surface area contributed by atoms with Crippen LogP contribution in [0.2, 0.25) is 0 Å². The number of aliphatic hydroxyl groups is 1. The SMILES string of the molecule is CN1CCC(CN(C)C2CCC(O)C2)C1. The zero-order valence-electron chi connectivity index (χ0n) is 10.0. The molecular formula is C12H24N2O. The summed E-state index contributed by atoms with van der Waals surface area (Å²) >= 11 is 0. The van der Waals surface area contributed by atoms with Gasteiger partial charge in [0.1, 0.15) is 0 Å². The van der Waals surface area contributed by atoms with Gasteiger partial charge in [0.05, 0.1) is 6.10 Å². The molecule has 3 atom stereocenters. The van der Waals surface area contributed by atoms with Crippen molar-refractivity contribution in [1.29, 1.82) is 0 Å². The topological polar surface area (TPSA) is 26.7 Å². The van der Waals surface area contributed by atoms with Crippen molar-refractivity contribution in [3.8, 4) is 0 Å². The fourth-order valence-corrected chi connectivity index (χ4v) is 3.07. The van der Waals surface area contributed by atoms with Gasteiger partial charge in [-0.3, -0.25) is 0 Å². The Balaban J connectivity index is 1.74. The third-order valence-electron chi connectivity index (χ3n) is 4.04. The monoisotopic (exact) mass is 212 g/mol. The van der Waals surface area contributed by atoms with Gasteiger partial charge in [-0.1, -0.05) is 0 Å². The number of likely N-dealkylation sites (tertiary alicyclic amines) is 1. The van der Waals surface area contributed by atoms with Gasteiger partial charge in [-0.2, -0.15) is 0 Å². The molecule has 0 bridgehead atoms. The summed E-state index contributed by atoms with van der Waals surface area (Å²) in [5.41, 5.74) is 0. The molecule has 0 radical (unpaired) electrons. The van der Waals surface area contributed by atoms with E-state index in [1.165, 1.54) is 32.5 Å². The summed E-state index contributed by atoms with van der Waals surface area (Å²) in [6.07, 6.45) is 4.47. The maximum absolute atomic E-state index is 9.52. The Kier molecular flexibility index (Phi) is 3.65. The lowest BCUT2D eigenvalue weighted by Crippen LogP contribution is -2.35. The fraction of sp³-hybridized carbons (Fsp3) is 1.00. The Hall–Kier alpha value is -0.120. The van der Waals surface area contributed by atoms with Crippen molar-refractivity contribution in [2.24, 2.45) is 5.92 Å². The van der Waals surface area contributed by atoms with Crippen LogP contribution >= 0.6 is 0 Å². The molecule has 88 valence electrons. The molecule has 1 heterocycles. The first-order chi connectivity index (χ1) is 7.15. The van der Waals surface area contributed by atoms with Crippen molar-refractivity contribution in [2.75, 3.05) is 33.7 Å². The predicted octanol–water partition coefficient (Wildman–Crippen LogP) is 0.783. The van der Waals surface area contributed by atoms with E-state index in [0.717, 1.165) is 18.8 Å². The van der Waals surface area contributed by atoms with E-state index < -0.39 is 0 Å². The minimum Gasteiger partial charge on any atom is -0.393 e. The van der Waals surface area contributed by atoms with E-state index in [1.807, 2.05) is 0 Å². The maximum Gasteiger partial charge on any atom is 0.0555 e. The molecule has 1 aliphatic carbocycles. The van der Waals surface area contributed by atoms with E-state index in [0.29, 0.717) is 6.04 Å². The smallest absolute Gasteiger partial charge is 0.0555 e. The van der Waals surface area contributed by atoms with Crippen LogP contribution in [0, 0.1) is 5.92 Å². The second-order valence-electron chi connectivity index (χ2n) is 5.48. The molecule has 2 aliphatic rings. The average molecular weight is 212 g/mol. The zero-order chi connectivity index (χ0) is 10.8. The van der Waals surface area contributed by atoms with Crippen LogP contribution in [-0.2, 0) is 0 Å². The summed E-state index contributed by atoms with van der Waals surface area (Å²) in [6.45, 7) is 3.72. The van der Waals surface area contributed by atoms with E-state index in [9.17, 15) is 5.11 Å². The minimum absolute atomic E-state index is 0.0382. The van der Waals surface area contributed by atoms with Crippen LogP contribution in [0.5, 0.6) is 0 Å². The van der Waals surface area contributed by atoms with Crippen LogP contribution in [0.1, 0.15) is 25.7 Å². The highest BCUT2D eigenvalue weighted by Gasteiger charge is 2.28. The standard InChI is InChI=1S/C12H24N2O/c1-13-6-5-10(8-13)9-14(2)11-3-4-12(15)7-11/h10-12,15H,3-9H2,1-2H3. The van der Waals surface area contributed by atoms with Gasteiger partial charge in [0.15, 0.2) is 0 Å². The first kappa shape index (κ1) is 11.4. The van der Waals surface area contributed by atoms with Crippen LogP contribution in [0.4, 0.5) is 0 Å². The first-order valence-electron chi connectivity index (χ1n) is 6.22. The maximum atomic E-state index is 9.52. The number of rotatable bonds is 3. The lowest BCUT2D eigenvalue weighted by molar-refractivity contribution is 0.155. The zero-order valence-corrected chi connectivity index (χ0v) is 10.0. The number of hydrogen-bond acceptors (Lipinski definition) is 3. The third kappa shape index (κ3) is 2.92. The summed E-state index contributed by atoms with van der Waals surface area (Å²) in [5.74, 6) is 0.845. The first-order valence-corrected chi connectivity index (χ1v) is 6.22. The molecule has 3 nitrogen and oxygen atoms in total. The molecule has 3 heteroatoms. The average Bonchev–Trinajstić information content (AvgIpc) is 2.75. The summed E-state index contributed by atoms with van der Waals surface area (Å²) in [6, 6.07) is 0.630. The molecule has 0 aromatic carbocycles. The minimum atomic E-state index is -0.0382. The van der Waals surface area contributed by atoms with Crippen LogP contribution in [0.15, 0.2) is 0 Å². The highest BCUT2D eigenvalue weighted by Crippen LogP contribution is 2.25. The van der Waals surface area contributed by atoms with Gasteiger partial charge in [-0.25, -0.2) is 0 Å². The molecule has 0 aromatic heterocycles. The normalized spacial score (nSPS) is 38.0. The molecular weight excluding hydrogens is 188 g/mol. The Morgan fingerprint density at radius 3 is 2.67 bits per heavy atom. The van der Waals surface area contributed by atoms with E-state index >= 15 is 0 Å². The van der Waals surface area contributed by atoms with Gasteiger partial charge in [0.25, 0.3) is 0 Å². The van der Waals surface area contributed by atoms with Crippen LogP contribution in [0.25, 0.3) is 0 Å². The molecule has 0 aromatic rings. The van der Waals surface area contributed by atoms with Crippen molar-refractivity contribution in [3.05, 3.63) is 0 Å². The predicted molar refractivity (Wildman–Crippen MR) is 61.9 cm³/mol. The van der Waals surface area contributed by atoms with Gasteiger partial charge in [-0.05, 0) is 52.2 Å². The largest absolute Gasteiger partial charge is 0.393 e. The highest BCUT2D eigenvalue weighted by molar-refractivity contribution is 4.83. The highest BCUT2D eigenvalue weighted by atomic mass is 16.3. The molecule has 2 fully saturated rings. The summed E-state index contributed by atoms with van der Waals surface area (Å²) < 4.78 is 0. The van der Waals surface area contributed by atoms with E-state index in [-0.39, 0.29) is 6.10 Å². The van der Waals surface area contributed by atoms with Gasteiger partial charge >= 0.3 is 0 Å². The second-order valence-corrected chi connectivity index (χ2v) is 5.48. The molecule has 1 saturated carbocycles. The number of hydrogen-bond donors (Lipinski definition) is 1. The van der Waals surface area contributed by atoms with Crippen molar-refractivity contribution in [1.82, 2.24) is 9.80 Å². The lowest BCUT2D eigenvalue weighted by Gasteiger charge is -2.26. The number of nitrogens with zero attached hydrogens (tertiary/aromatic N) is 2. The summed E-state index contributed by atoms with van der Waals surface area (Å²) in [4.78, 5) is 4.89. The third-order valence-corrected chi connectivity index (χ3v) is 4.04. The summed E-state index contributed by atoms with van der Waals surface area (Å²) in [5, 5.41) is 9.52. The van der Waals surface area contributed by atoms with Gasteiger partial charge in [-0.15, -0.1) is 0 Å². The molecule has 3 unspecified atom stereocenters. The number of aliphatic hydroxyl groups excluding tert-OH is 1. The Morgan fingerprint density at radius 2 is 2.13 bits per heavy atom. The van der Waals surface area contributed by atoms with Crippen molar-refractivity contribution < 1.29 is 5.11 Å². The quantitative estimate of drug-likeness (QED) is 0.749. The van der Waals surface area contributed by atoms with Gasteiger partial charge in [0, 0.05) is 19.1 Å². The second kappa shape index (κ2) is 4.81. The molecule has 1 saturated heterocycles. The van der Waals surface area contributed by atoms with Crippen LogP contribution < -0.4 is 0 Å². The molecule has 0 amide bonds. The van der Waals surface area contributed by atoms with Gasteiger partial charge in [0.2, 0.25) is 0 Å². The lowest BCUT2D eigenvalue weighted by atomic mass is 10.1. The Bertz CT molecular complexity index is 210. The van der Waals surface area contributed by atoms with Gasteiger partial charge < -0.3 is 14.9 Å². The molecule has 1 aliphatic heterocycles. The fourth-order valence-electron chi connectivity index (χ4n) is 3.07. The van der Waals surface area contributed by atoms with Crippen LogP contribution in [-0.4, -0.2) is 60.8 Å². The van der Waals surface area contributed by atoms with Crippen molar-refractivity contribution >= 4 is 0 Å².